The minimum atomic E-state index is 0.0743. The molecule has 3 nitrogen and oxygen atoms in total. The first-order valence-corrected chi connectivity index (χ1v) is 6.12. The first kappa shape index (κ1) is 13.9. The van der Waals surface area contributed by atoms with E-state index in [2.05, 4.69) is 11.8 Å². The number of rotatable bonds is 4. The third-order valence-corrected chi connectivity index (χ3v) is 2.61. The molecule has 2 rings (SSSR count). The standard InChI is InChI=1S/C17H14O3/c1-19-13-20-17-15(8-5-9-16(17)12-18)11-10-14-6-3-2-4-7-14/h2-9,12H,13H2,1H3. The van der Waals surface area contributed by atoms with Crippen LogP contribution in [-0.4, -0.2) is 20.2 Å². The Hall–Kier alpha value is -2.57. The van der Waals surface area contributed by atoms with Crippen molar-refractivity contribution in [3.05, 3.63) is 65.2 Å². The van der Waals surface area contributed by atoms with Crippen molar-refractivity contribution in [1.29, 1.82) is 0 Å². The summed E-state index contributed by atoms with van der Waals surface area (Å²) in [4.78, 5) is 11.0. The van der Waals surface area contributed by atoms with Gasteiger partial charge < -0.3 is 9.47 Å². The van der Waals surface area contributed by atoms with Gasteiger partial charge in [0.15, 0.2) is 13.1 Å². The quantitative estimate of drug-likeness (QED) is 0.485. The summed E-state index contributed by atoms with van der Waals surface area (Å²) in [5.74, 6) is 6.52. The summed E-state index contributed by atoms with van der Waals surface area (Å²) in [6.45, 7) is 0.0743. The SMILES string of the molecule is COCOc1c(C#Cc2ccccc2)cccc1C=O. The van der Waals surface area contributed by atoms with Gasteiger partial charge in [-0.1, -0.05) is 36.1 Å². The zero-order valence-electron chi connectivity index (χ0n) is 11.1. The average molecular weight is 266 g/mol. The number of hydrogen-bond donors (Lipinski definition) is 0. The summed E-state index contributed by atoms with van der Waals surface area (Å²) in [5, 5.41) is 0. The maximum Gasteiger partial charge on any atom is 0.188 e. The van der Waals surface area contributed by atoms with Gasteiger partial charge in [0.1, 0.15) is 5.75 Å². The number of aldehydes is 1. The highest BCUT2D eigenvalue weighted by molar-refractivity contribution is 5.81. The van der Waals surface area contributed by atoms with E-state index in [0.29, 0.717) is 16.9 Å². The van der Waals surface area contributed by atoms with E-state index >= 15 is 0 Å². The maximum atomic E-state index is 11.0. The number of benzene rings is 2. The van der Waals surface area contributed by atoms with Gasteiger partial charge in [-0.2, -0.15) is 0 Å². The van der Waals surface area contributed by atoms with Crippen molar-refractivity contribution in [1.82, 2.24) is 0 Å². The molecule has 2 aromatic carbocycles. The van der Waals surface area contributed by atoms with Gasteiger partial charge >= 0.3 is 0 Å². The normalized spacial score (nSPS) is 9.45. The van der Waals surface area contributed by atoms with E-state index in [1.54, 1.807) is 12.1 Å². The maximum absolute atomic E-state index is 11.0. The smallest absolute Gasteiger partial charge is 0.188 e. The second-order valence-corrected chi connectivity index (χ2v) is 4.01. The van der Waals surface area contributed by atoms with E-state index in [4.69, 9.17) is 9.47 Å². The fourth-order valence-electron chi connectivity index (χ4n) is 1.69. The van der Waals surface area contributed by atoms with Gasteiger partial charge in [-0.3, -0.25) is 4.79 Å². The molecule has 2 aromatic rings. The Balaban J connectivity index is 2.36. The lowest BCUT2D eigenvalue weighted by molar-refractivity contribution is 0.0503. The highest BCUT2D eigenvalue weighted by Crippen LogP contribution is 2.22. The van der Waals surface area contributed by atoms with E-state index in [9.17, 15) is 4.79 Å². The van der Waals surface area contributed by atoms with Crippen LogP contribution in [-0.2, 0) is 4.74 Å². The molecule has 0 atom stereocenters. The van der Waals surface area contributed by atoms with E-state index in [1.165, 1.54) is 7.11 Å². The zero-order chi connectivity index (χ0) is 14.2. The molecule has 0 N–H and O–H groups in total. The van der Waals surface area contributed by atoms with Crippen LogP contribution in [0.25, 0.3) is 0 Å². The van der Waals surface area contributed by atoms with Crippen molar-refractivity contribution in [3.63, 3.8) is 0 Å². The Bertz CT molecular complexity index is 636. The van der Waals surface area contributed by atoms with Crippen LogP contribution < -0.4 is 4.74 Å². The summed E-state index contributed by atoms with van der Waals surface area (Å²) in [6, 6.07) is 14.9. The van der Waals surface area contributed by atoms with Gasteiger partial charge in [-0.25, -0.2) is 0 Å². The Labute approximate surface area is 118 Å². The third kappa shape index (κ3) is 3.47. The number of carbonyl (C=O) groups excluding carboxylic acids is 1. The Kier molecular flexibility index (Phi) is 4.94. The van der Waals surface area contributed by atoms with Gasteiger partial charge in [0, 0.05) is 12.7 Å². The van der Waals surface area contributed by atoms with Crippen LogP contribution in [0.4, 0.5) is 0 Å². The lowest BCUT2D eigenvalue weighted by Crippen LogP contribution is -2.03. The molecule has 0 fully saturated rings. The Morgan fingerprint density at radius 3 is 2.55 bits per heavy atom. The molecule has 0 amide bonds. The van der Waals surface area contributed by atoms with Crippen molar-refractivity contribution in [3.8, 4) is 17.6 Å². The second-order valence-electron chi connectivity index (χ2n) is 4.01. The molecule has 0 saturated carbocycles. The Morgan fingerprint density at radius 1 is 1.05 bits per heavy atom. The molecular weight excluding hydrogens is 252 g/mol. The summed E-state index contributed by atoms with van der Waals surface area (Å²) in [6.07, 6.45) is 0.749. The van der Waals surface area contributed by atoms with E-state index < -0.39 is 0 Å². The molecular formula is C17H14O3. The van der Waals surface area contributed by atoms with Crippen molar-refractivity contribution in [2.24, 2.45) is 0 Å². The molecule has 0 aromatic heterocycles. The molecule has 3 heteroatoms. The van der Waals surface area contributed by atoms with Gasteiger partial charge in [0.25, 0.3) is 0 Å². The molecule has 0 aliphatic rings. The van der Waals surface area contributed by atoms with Gasteiger partial charge in [0.2, 0.25) is 0 Å². The summed E-state index contributed by atoms with van der Waals surface area (Å²) >= 11 is 0. The van der Waals surface area contributed by atoms with Gasteiger partial charge in [-0.15, -0.1) is 0 Å². The van der Waals surface area contributed by atoms with Crippen LogP contribution in [0.1, 0.15) is 21.5 Å². The van der Waals surface area contributed by atoms with Gasteiger partial charge in [0.05, 0.1) is 11.1 Å². The number of ether oxygens (including phenoxy) is 2. The first-order valence-electron chi connectivity index (χ1n) is 6.12. The van der Waals surface area contributed by atoms with Crippen molar-refractivity contribution in [2.75, 3.05) is 13.9 Å². The molecule has 0 aliphatic carbocycles. The molecule has 0 spiro atoms. The highest BCUT2D eigenvalue weighted by Gasteiger charge is 2.07. The van der Waals surface area contributed by atoms with Crippen LogP contribution in [0.15, 0.2) is 48.5 Å². The van der Waals surface area contributed by atoms with Crippen LogP contribution in [0.5, 0.6) is 5.75 Å². The lowest BCUT2D eigenvalue weighted by Gasteiger charge is -2.09. The largest absolute Gasteiger partial charge is 0.465 e. The van der Waals surface area contributed by atoms with E-state index in [1.807, 2.05) is 36.4 Å². The minimum absolute atomic E-state index is 0.0743. The summed E-state index contributed by atoms with van der Waals surface area (Å²) < 4.78 is 10.3. The van der Waals surface area contributed by atoms with E-state index in [-0.39, 0.29) is 6.79 Å². The monoisotopic (exact) mass is 266 g/mol. The van der Waals surface area contributed by atoms with Crippen LogP contribution in [0.3, 0.4) is 0 Å². The zero-order valence-corrected chi connectivity index (χ0v) is 11.1. The van der Waals surface area contributed by atoms with Crippen molar-refractivity contribution < 1.29 is 14.3 Å². The van der Waals surface area contributed by atoms with Crippen LogP contribution in [0, 0.1) is 11.8 Å². The molecule has 0 radical (unpaired) electrons. The molecule has 0 aliphatic heterocycles. The number of hydrogen-bond acceptors (Lipinski definition) is 3. The van der Waals surface area contributed by atoms with Gasteiger partial charge in [-0.05, 0) is 24.3 Å². The van der Waals surface area contributed by atoms with Crippen LogP contribution in [0.2, 0.25) is 0 Å². The van der Waals surface area contributed by atoms with Crippen LogP contribution >= 0.6 is 0 Å². The minimum Gasteiger partial charge on any atom is -0.465 e. The molecule has 0 heterocycles. The molecule has 0 saturated heterocycles. The number of carbonyl (C=O) groups is 1. The molecule has 0 bridgehead atoms. The van der Waals surface area contributed by atoms with Crippen molar-refractivity contribution >= 4 is 6.29 Å². The highest BCUT2D eigenvalue weighted by atomic mass is 16.7. The second kappa shape index (κ2) is 7.13. The van der Waals surface area contributed by atoms with Crippen molar-refractivity contribution in [2.45, 2.75) is 0 Å². The topological polar surface area (TPSA) is 35.5 Å². The number of para-hydroxylation sites is 1. The predicted octanol–water partition coefficient (Wildman–Crippen LogP) is 2.88. The number of methoxy groups -OCH3 is 1. The van der Waals surface area contributed by atoms with E-state index in [0.717, 1.165) is 11.8 Å². The average Bonchev–Trinajstić information content (AvgIpc) is 2.52. The summed E-state index contributed by atoms with van der Waals surface area (Å²) in [5.41, 5.74) is 2.03. The Morgan fingerprint density at radius 2 is 1.85 bits per heavy atom. The predicted molar refractivity (Wildman–Crippen MR) is 76.8 cm³/mol. The molecule has 0 unspecified atom stereocenters. The summed E-state index contributed by atoms with van der Waals surface area (Å²) in [7, 11) is 1.53. The first-order chi connectivity index (χ1) is 9.85. The fourth-order valence-corrected chi connectivity index (χ4v) is 1.69. The molecule has 100 valence electrons. The third-order valence-electron chi connectivity index (χ3n) is 2.61. The molecule has 20 heavy (non-hydrogen) atoms. The fraction of sp³-hybridized carbons (Fsp3) is 0.118. The lowest BCUT2D eigenvalue weighted by atomic mass is 10.1.